The molecule has 1 atom stereocenters. The Morgan fingerprint density at radius 2 is 2.00 bits per heavy atom. The number of hydrogen-bond donors (Lipinski definition) is 1. The van der Waals surface area contributed by atoms with Gasteiger partial charge < -0.3 is 10.1 Å². The Balaban J connectivity index is 1.51. The topological polar surface area (TPSA) is 85.2 Å². The SMILES string of the molecule is COc1ccccc1[C@@H](CNC(=O)c1cccc(-n2cnnn2)c1)N1CCCC1. The number of carbonyl (C=O) groups is 1. The van der Waals surface area contributed by atoms with Crippen molar-refractivity contribution in [1.29, 1.82) is 0 Å². The van der Waals surface area contributed by atoms with Crippen molar-refractivity contribution in [3.8, 4) is 11.4 Å². The average molecular weight is 392 g/mol. The Hall–Kier alpha value is -3.26. The molecule has 1 amide bonds. The molecule has 150 valence electrons. The molecule has 0 aliphatic carbocycles. The monoisotopic (exact) mass is 392 g/mol. The summed E-state index contributed by atoms with van der Waals surface area (Å²) in [7, 11) is 1.68. The number of aromatic nitrogens is 4. The number of rotatable bonds is 7. The molecule has 2 heterocycles. The van der Waals surface area contributed by atoms with Crippen molar-refractivity contribution in [3.05, 3.63) is 66.0 Å². The lowest BCUT2D eigenvalue weighted by Crippen LogP contribution is -2.37. The molecule has 4 rings (SSSR count). The molecule has 1 aromatic heterocycles. The number of para-hydroxylation sites is 1. The lowest BCUT2D eigenvalue weighted by atomic mass is 10.0. The van der Waals surface area contributed by atoms with Gasteiger partial charge in [-0.25, -0.2) is 4.68 Å². The molecule has 0 saturated carbocycles. The van der Waals surface area contributed by atoms with Crippen LogP contribution in [0.2, 0.25) is 0 Å². The average Bonchev–Trinajstić information content (AvgIpc) is 3.49. The molecule has 1 fully saturated rings. The van der Waals surface area contributed by atoms with Crippen molar-refractivity contribution < 1.29 is 9.53 Å². The highest BCUT2D eigenvalue weighted by atomic mass is 16.5. The van der Waals surface area contributed by atoms with E-state index in [1.807, 2.05) is 30.3 Å². The van der Waals surface area contributed by atoms with Crippen molar-refractivity contribution in [3.63, 3.8) is 0 Å². The van der Waals surface area contributed by atoms with Gasteiger partial charge in [0.2, 0.25) is 0 Å². The first-order valence-corrected chi connectivity index (χ1v) is 9.75. The van der Waals surface area contributed by atoms with E-state index in [0.29, 0.717) is 12.1 Å². The Bertz CT molecular complexity index is 953. The molecule has 0 radical (unpaired) electrons. The zero-order chi connectivity index (χ0) is 20.1. The highest BCUT2D eigenvalue weighted by Gasteiger charge is 2.26. The Labute approximate surface area is 169 Å². The third-order valence-corrected chi connectivity index (χ3v) is 5.26. The Morgan fingerprint density at radius 1 is 1.17 bits per heavy atom. The molecule has 0 unspecified atom stereocenters. The predicted octanol–water partition coefficient (Wildman–Crippen LogP) is 2.24. The molecule has 0 bridgehead atoms. The summed E-state index contributed by atoms with van der Waals surface area (Å²) < 4.78 is 7.10. The second-order valence-electron chi connectivity index (χ2n) is 7.02. The number of hydrogen-bond acceptors (Lipinski definition) is 6. The fourth-order valence-corrected chi connectivity index (χ4v) is 3.79. The maximum atomic E-state index is 12.8. The summed E-state index contributed by atoms with van der Waals surface area (Å²) in [5.74, 6) is 0.721. The van der Waals surface area contributed by atoms with Crippen LogP contribution < -0.4 is 10.1 Å². The third-order valence-electron chi connectivity index (χ3n) is 5.26. The summed E-state index contributed by atoms with van der Waals surface area (Å²) in [6.45, 7) is 2.55. The van der Waals surface area contributed by atoms with Gasteiger partial charge in [-0.15, -0.1) is 5.10 Å². The van der Waals surface area contributed by atoms with Crippen molar-refractivity contribution in [2.45, 2.75) is 18.9 Å². The van der Waals surface area contributed by atoms with Gasteiger partial charge in [0, 0.05) is 17.7 Å². The molecule has 29 heavy (non-hydrogen) atoms. The van der Waals surface area contributed by atoms with E-state index in [1.165, 1.54) is 23.9 Å². The van der Waals surface area contributed by atoms with Crippen LogP contribution in [0.3, 0.4) is 0 Å². The van der Waals surface area contributed by atoms with Gasteiger partial charge in [-0.1, -0.05) is 24.3 Å². The van der Waals surface area contributed by atoms with Crippen LogP contribution in [0.4, 0.5) is 0 Å². The van der Waals surface area contributed by atoms with Crippen molar-refractivity contribution in [2.75, 3.05) is 26.7 Å². The van der Waals surface area contributed by atoms with Crippen LogP contribution in [0.25, 0.3) is 5.69 Å². The summed E-state index contributed by atoms with van der Waals surface area (Å²) in [6, 6.07) is 15.3. The minimum atomic E-state index is -0.126. The van der Waals surface area contributed by atoms with Crippen LogP contribution in [0, 0.1) is 0 Å². The molecule has 2 aromatic carbocycles. The normalized spacial score (nSPS) is 15.2. The second kappa shape index (κ2) is 8.83. The van der Waals surface area contributed by atoms with E-state index < -0.39 is 0 Å². The standard InChI is InChI=1S/C21H24N6O2/c1-29-20-10-3-2-9-18(20)19(26-11-4-5-12-26)14-22-21(28)16-7-6-8-17(13-16)27-15-23-24-25-27/h2-3,6-10,13,15,19H,4-5,11-12,14H2,1H3,(H,22,28)/t19-/m1/s1. The van der Waals surface area contributed by atoms with Crippen LogP contribution in [0.15, 0.2) is 54.9 Å². The lowest BCUT2D eigenvalue weighted by molar-refractivity contribution is 0.0937. The Kier molecular flexibility index (Phi) is 5.81. The fraction of sp³-hybridized carbons (Fsp3) is 0.333. The fourth-order valence-electron chi connectivity index (χ4n) is 3.79. The van der Waals surface area contributed by atoms with E-state index in [4.69, 9.17) is 4.74 Å². The van der Waals surface area contributed by atoms with Crippen LogP contribution in [0.5, 0.6) is 5.75 Å². The van der Waals surface area contributed by atoms with Gasteiger partial charge in [-0.3, -0.25) is 9.69 Å². The summed E-state index contributed by atoms with van der Waals surface area (Å²) in [5, 5.41) is 14.3. The largest absolute Gasteiger partial charge is 0.496 e. The number of methoxy groups -OCH3 is 1. The molecule has 1 N–H and O–H groups in total. The van der Waals surface area contributed by atoms with Gasteiger partial charge in [-0.2, -0.15) is 0 Å². The number of nitrogens with zero attached hydrogens (tertiary/aromatic N) is 5. The first-order chi connectivity index (χ1) is 14.3. The highest BCUT2D eigenvalue weighted by Crippen LogP contribution is 2.31. The van der Waals surface area contributed by atoms with Crippen molar-refractivity contribution in [1.82, 2.24) is 30.4 Å². The quantitative estimate of drug-likeness (QED) is 0.664. The van der Waals surface area contributed by atoms with Gasteiger partial charge >= 0.3 is 0 Å². The number of tetrazole rings is 1. The minimum absolute atomic E-state index is 0.0697. The first kappa shape index (κ1) is 19.1. The third kappa shape index (κ3) is 4.27. The first-order valence-electron chi connectivity index (χ1n) is 9.75. The number of ether oxygens (including phenoxy) is 1. The zero-order valence-corrected chi connectivity index (χ0v) is 16.4. The van der Waals surface area contributed by atoms with Gasteiger partial charge in [0.15, 0.2) is 0 Å². The number of amides is 1. The van der Waals surface area contributed by atoms with Gasteiger partial charge in [-0.05, 0) is 60.6 Å². The minimum Gasteiger partial charge on any atom is -0.496 e. The molecule has 0 spiro atoms. The summed E-state index contributed by atoms with van der Waals surface area (Å²) in [6.07, 6.45) is 3.85. The van der Waals surface area contributed by atoms with E-state index in [9.17, 15) is 4.79 Å². The summed E-state index contributed by atoms with van der Waals surface area (Å²) >= 11 is 0. The summed E-state index contributed by atoms with van der Waals surface area (Å²) in [5.41, 5.74) is 2.40. The number of carbonyl (C=O) groups excluding carboxylic acids is 1. The maximum Gasteiger partial charge on any atom is 0.251 e. The van der Waals surface area contributed by atoms with E-state index in [-0.39, 0.29) is 11.9 Å². The van der Waals surface area contributed by atoms with E-state index in [1.54, 1.807) is 19.2 Å². The van der Waals surface area contributed by atoms with Gasteiger partial charge in [0.05, 0.1) is 18.8 Å². The number of nitrogens with one attached hydrogen (secondary N) is 1. The van der Waals surface area contributed by atoms with E-state index >= 15 is 0 Å². The number of likely N-dealkylation sites (tertiary alicyclic amines) is 1. The van der Waals surface area contributed by atoms with E-state index in [2.05, 4.69) is 31.8 Å². The molecule has 8 nitrogen and oxygen atoms in total. The zero-order valence-electron chi connectivity index (χ0n) is 16.4. The molecule has 3 aromatic rings. The summed E-state index contributed by atoms with van der Waals surface area (Å²) in [4.78, 5) is 15.3. The molecular weight excluding hydrogens is 368 g/mol. The van der Waals surface area contributed by atoms with Gasteiger partial charge in [0.25, 0.3) is 5.91 Å². The molecular formula is C21H24N6O2. The smallest absolute Gasteiger partial charge is 0.251 e. The molecule has 1 saturated heterocycles. The van der Waals surface area contributed by atoms with Crippen LogP contribution in [-0.4, -0.2) is 57.8 Å². The molecule has 1 aliphatic heterocycles. The second-order valence-corrected chi connectivity index (χ2v) is 7.02. The van der Waals surface area contributed by atoms with Crippen LogP contribution >= 0.6 is 0 Å². The predicted molar refractivity (Wildman–Crippen MR) is 108 cm³/mol. The van der Waals surface area contributed by atoms with E-state index in [0.717, 1.165) is 30.1 Å². The molecule has 1 aliphatic rings. The van der Waals surface area contributed by atoms with Crippen molar-refractivity contribution >= 4 is 5.91 Å². The van der Waals surface area contributed by atoms with Gasteiger partial charge in [0.1, 0.15) is 12.1 Å². The van der Waals surface area contributed by atoms with Crippen LogP contribution in [0.1, 0.15) is 34.8 Å². The number of benzene rings is 2. The highest BCUT2D eigenvalue weighted by molar-refractivity contribution is 5.94. The lowest BCUT2D eigenvalue weighted by Gasteiger charge is -2.29. The van der Waals surface area contributed by atoms with Crippen molar-refractivity contribution in [2.24, 2.45) is 0 Å². The Morgan fingerprint density at radius 3 is 2.76 bits per heavy atom. The maximum absolute atomic E-state index is 12.8. The van der Waals surface area contributed by atoms with Crippen LogP contribution in [-0.2, 0) is 0 Å². The molecule has 8 heteroatoms.